The summed E-state index contributed by atoms with van der Waals surface area (Å²) >= 11 is 0. The Labute approximate surface area is 285 Å². The highest BCUT2D eigenvalue weighted by molar-refractivity contribution is 7.95. The van der Waals surface area contributed by atoms with Gasteiger partial charge in [0.1, 0.15) is 23.2 Å². The smallest absolute Gasteiger partial charge is 0.305 e. The number of hydrogen-bond acceptors (Lipinski definition) is 3. The Balaban J connectivity index is 1.11. The monoisotopic (exact) mass is 653 g/mol. The maximum absolute atomic E-state index is 12.6. The molecule has 1 atom stereocenters. The lowest BCUT2D eigenvalue weighted by Crippen LogP contribution is -2.33. The van der Waals surface area contributed by atoms with Crippen LogP contribution in [-0.4, -0.2) is 28.3 Å². The zero-order valence-corrected chi connectivity index (χ0v) is 29.8. The zero-order chi connectivity index (χ0) is 32.8. The summed E-state index contributed by atoms with van der Waals surface area (Å²) in [5, 5.41) is 4.13. The largest absolute Gasteiger partial charge is 0.466 e. The van der Waals surface area contributed by atoms with Gasteiger partial charge in [-0.25, -0.2) is 4.98 Å². The molecule has 0 aliphatic rings. The summed E-state index contributed by atoms with van der Waals surface area (Å²) in [5.74, 6) is -0.0461. The number of esters is 1. The molecule has 0 bridgehead atoms. The number of aromatic nitrogens is 2. The zero-order valence-electron chi connectivity index (χ0n) is 28.9. The molecule has 47 heavy (non-hydrogen) atoms. The van der Waals surface area contributed by atoms with Crippen molar-refractivity contribution in [1.82, 2.24) is 9.55 Å². The van der Waals surface area contributed by atoms with E-state index in [0.717, 1.165) is 25.4 Å². The Morgan fingerprint density at radius 3 is 1.64 bits per heavy atom. The van der Waals surface area contributed by atoms with Crippen molar-refractivity contribution < 1.29 is 9.53 Å². The number of carbonyl (C=O) groups excluding carboxylic acids is 1. The number of benzene rings is 3. The first kappa shape index (κ1) is 36.6. The molecule has 5 heteroatoms. The minimum atomic E-state index is -1.88. The first-order valence-corrected chi connectivity index (χ1v) is 20.4. The molecule has 4 rings (SSSR count). The highest BCUT2D eigenvalue weighted by Crippen LogP contribution is 2.55. The number of imidazole rings is 1. The van der Waals surface area contributed by atoms with Gasteiger partial charge >= 0.3 is 5.97 Å². The van der Waals surface area contributed by atoms with Crippen molar-refractivity contribution in [3.63, 3.8) is 0 Å². The molecular weight excluding hydrogens is 595 g/mol. The number of rotatable bonds is 24. The highest BCUT2D eigenvalue weighted by Gasteiger charge is 2.44. The van der Waals surface area contributed by atoms with Gasteiger partial charge in [0.15, 0.2) is 0 Å². The predicted octanol–water partition coefficient (Wildman–Crippen LogP) is 10.2. The Kier molecular flexibility index (Phi) is 16.8. The third kappa shape index (κ3) is 12.1. The molecule has 0 N–H and O–H groups in total. The maximum Gasteiger partial charge on any atom is 0.305 e. The molecular formula is C42H58N2O2P+. The molecule has 1 aromatic heterocycles. The summed E-state index contributed by atoms with van der Waals surface area (Å²) in [6, 6.07) is 33.4. The molecule has 0 saturated carbocycles. The van der Waals surface area contributed by atoms with Crippen molar-refractivity contribution in [1.29, 1.82) is 0 Å². The van der Waals surface area contributed by atoms with Crippen molar-refractivity contribution in [2.75, 3.05) is 12.8 Å². The van der Waals surface area contributed by atoms with Crippen LogP contribution in [0.5, 0.6) is 0 Å². The summed E-state index contributed by atoms with van der Waals surface area (Å²) in [7, 11) is -1.88. The topological polar surface area (TPSA) is 44.1 Å². The molecule has 0 aliphatic carbocycles. The minimum Gasteiger partial charge on any atom is -0.466 e. The van der Waals surface area contributed by atoms with Crippen molar-refractivity contribution in [2.45, 2.75) is 116 Å². The number of nitrogens with zero attached hydrogens (tertiary/aromatic N) is 2. The van der Waals surface area contributed by atoms with Crippen LogP contribution in [0, 0.1) is 0 Å². The molecule has 0 fully saturated rings. The second-order valence-electron chi connectivity index (χ2n) is 13.0. The van der Waals surface area contributed by atoms with Crippen LogP contribution in [0.15, 0.2) is 110 Å². The van der Waals surface area contributed by atoms with Crippen LogP contribution in [0.1, 0.15) is 116 Å². The van der Waals surface area contributed by atoms with Gasteiger partial charge < -0.3 is 9.30 Å². The van der Waals surface area contributed by atoms with Crippen LogP contribution in [0.25, 0.3) is 0 Å². The van der Waals surface area contributed by atoms with E-state index in [2.05, 4.69) is 114 Å². The van der Waals surface area contributed by atoms with Crippen LogP contribution in [0.2, 0.25) is 0 Å². The molecule has 0 saturated heterocycles. The average Bonchev–Trinajstić information content (AvgIpc) is 3.66. The quantitative estimate of drug-likeness (QED) is 0.0429. The van der Waals surface area contributed by atoms with Gasteiger partial charge in [0.2, 0.25) is 0 Å². The van der Waals surface area contributed by atoms with Crippen molar-refractivity contribution >= 4 is 29.1 Å². The second kappa shape index (κ2) is 21.6. The second-order valence-corrected chi connectivity index (χ2v) is 16.6. The molecule has 4 aromatic rings. The lowest BCUT2D eigenvalue weighted by atomic mass is 10.00. The maximum atomic E-state index is 12.6. The number of ether oxygens (including phenoxy) is 1. The number of hydrogen-bond donors (Lipinski definition) is 0. The fraction of sp³-hybridized carbons (Fsp3) is 0.476. The summed E-state index contributed by atoms with van der Waals surface area (Å²) in [6.07, 6.45) is 26.0. The summed E-state index contributed by atoms with van der Waals surface area (Å²) in [5.41, 5.74) is 0. The van der Waals surface area contributed by atoms with Crippen molar-refractivity contribution in [3.05, 3.63) is 110 Å². The standard InChI is InChI=1S/C42H58N2O2P/c1-2-3-4-14-24-38(44-34-33-43-37-44)25-15-9-7-5-6-8-10-22-32-42(45)46-35-23-36-47(39-26-16-11-17-27-39,40-28-18-12-19-29-40)41-30-20-13-21-31-41/h11-13,16-21,26-31,33-34,37-38H,2-10,14-15,22-25,32,35-36H2,1H3/q+1. The van der Waals surface area contributed by atoms with Crippen molar-refractivity contribution in [3.8, 4) is 0 Å². The SMILES string of the molecule is CCCCCCC(CCCCCCCCCCC(=O)OCCC[P+](c1ccccc1)(c1ccccc1)c1ccccc1)n1ccnc1. The molecule has 252 valence electrons. The predicted molar refractivity (Wildman–Crippen MR) is 202 cm³/mol. The molecule has 1 heterocycles. The lowest BCUT2D eigenvalue weighted by molar-refractivity contribution is -0.143. The van der Waals surface area contributed by atoms with E-state index in [1.54, 1.807) is 0 Å². The van der Waals surface area contributed by atoms with E-state index < -0.39 is 7.26 Å². The van der Waals surface area contributed by atoms with E-state index in [0.29, 0.717) is 19.1 Å². The van der Waals surface area contributed by atoms with E-state index in [-0.39, 0.29) is 5.97 Å². The van der Waals surface area contributed by atoms with Crippen LogP contribution >= 0.6 is 7.26 Å². The Hall–Kier alpha value is -3.23. The van der Waals surface area contributed by atoms with Gasteiger partial charge in [-0.15, -0.1) is 0 Å². The minimum absolute atomic E-state index is 0.0461. The number of carbonyl (C=O) groups is 1. The third-order valence-corrected chi connectivity index (χ3v) is 14.0. The molecule has 0 radical (unpaired) electrons. The van der Waals surface area contributed by atoms with Gasteiger partial charge in [0.25, 0.3) is 0 Å². The molecule has 4 nitrogen and oxygen atoms in total. The van der Waals surface area contributed by atoms with Gasteiger partial charge in [-0.05, 0) is 55.7 Å². The van der Waals surface area contributed by atoms with Gasteiger partial charge in [-0.3, -0.25) is 4.79 Å². The normalized spacial score (nSPS) is 12.2. The van der Waals surface area contributed by atoms with Gasteiger partial charge in [0.05, 0.1) is 19.1 Å². The van der Waals surface area contributed by atoms with Crippen LogP contribution in [0.3, 0.4) is 0 Å². The van der Waals surface area contributed by atoms with E-state index >= 15 is 0 Å². The van der Waals surface area contributed by atoms with Crippen LogP contribution in [0.4, 0.5) is 0 Å². The Morgan fingerprint density at radius 1 is 0.660 bits per heavy atom. The van der Waals surface area contributed by atoms with E-state index in [4.69, 9.17) is 4.74 Å². The highest BCUT2D eigenvalue weighted by atomic mass is 31.2. The molecule has 3 aromatic carbocycles. The first-order chi connectivity index (χ1) is 23.2. The van der Waals surface area contributed by atoms with E-state index in [1.165, 1.54) is 93.0 Å². The first-order valence-electron chi connectivity index (χ1n) is 18.4. The Morgan fingerprint density at radius 2 is 1.15 bits per heavy atom. The summed E-state index contributed by atoms with van der Waals surface area (Å²) < 4.78 is 8.10. The lowest BCUT2D eigenvalue weighted by Gasteiger charge is -2.27. The van der Waals surface area contributed by atoms with Crippen molar-refractivity contribution in [2.24, 2.45) is 0 Å². The molecule has 0 aliphatic heterocycles. The van der Waals surface area contributed by atoms with E-state index in [1.807, 2.05) is 12.5 Å². The van der Waals surface area contributed by atoms with Gasteiger partial charge in [-0.1, -0.05) is 132 Å². The third-order valence-electron chi connectivity index (χ3n) is 9.50. The summed E-state index contributed by atoms with van der Waals surface area (Å²) in [6.45, 7) is 2.76. The van der Waals surface area contributed by atoms with Crippen LogP contribution < -0.4 is 15.9 Å². The Bertz CT molecular complexity index is 1250. The average molecular weight is 654 g/mol. The fourth-order valence-corrected chi connectivity index (χ4v) is 11.2. The van der Waals surface area contributed by atoms with Gasteiger partial charge in [0, 0.05) is 31.3 Å². The fourth-order valence-electron chi connectivity index (χ4n) is 6.89. The van der Waals surface area contributed by atoms with E-state index in [9.17, 15) is 4.79 Å². The molecule has 0 spiro atoms. The number of unbranched alkanes of at least 4 members (excludes halogenated alkanes) is 10. The van der Waals surface area contributed by atoms with Gasteiger partial charge in [-0.2, -0.15) is 0 Å². The summed E-state index contributed by atoms with van der Waals surface area (Å²) in [4.78, 5) is 16.9. The van der Waals surface area contributed by atoms with Crippen LogP contribution in [-0.2, 0) is 9.53 Å². The molecule has 0 amide bonds. The molecule has 1 unspecified atom stereocenters.